The number of ether oxygens (including phenoxy) is 1. The third-order valence-corrected chi connectivity index (χ3v) is 3.16. The first-order valence-electron chi connectivity index (χ1n) is 6.71. The van der Waals surface area contributed by atoms with E-state index in [2.05, 4.69) is 11.8 Å². The SMILES string of the molecule is COc1ccc(C#CC(O)c2ccccc2N(C)C)cc1. The second-order valence-corrected chi connectivity index (χ2v) is 4.85. The summed E-state index contributed by atoms with van der Waals surface area (Å²) in [5.74, 6) is 6.66. The number of hydrogen-bond donors (Lipinski definition) is 1. The van der Waals surface area contributed by atoms with Gasteiger partial charge >= 0.3 is 0 Å². The van der Waals surface area contributed by atoms with E-state index in [0.717, 1.165) is 22.6 Å². The Hall–Kier alpha value is -2.44. The van der Waals surface area contributed by atoms with E-state index in [1.165, 1.54) is 0 Å². The number of anilines is 1. The lowest BCUT2D eigenvalue weighted by Gasteiger charge is -2.18. The maximum absolute atomic E-state index is 10.3. The number of nitrogens with zero attached hydrogens (tertiary/aromatic N) is 1. The predicted octanol–water partition coefficient (Wildman–Crippen LogP) is 2.85. The van der Waals surface area contributed by atoms with Gasteiger partial charge in [0.1, 0.15) is 11.9 Å². The highest BCUT2D eigenvalue weighted by molar-refractivity contribution is 5.55. The van der Waals surface area contributed by atoms with Gasteiger partial charge in [-0.2, -0.15) is 0 Å². The zero-order chi connectivity index (χ0) is 15.2. The number of para-hydroxylation sites is 1. The highest BCUT2D eigenvalue weighted by Gasteiger charge is 2.10. The number of hydrogen-bond acceptors (Lipinski definition) is 3. The Kier molecular flexibility index (Phi) is 4.86. The number of benzene rings is 2. The van der Waals surface area contributed by atoms with E-state index in [1.54, 1.807) is 7.11 Å². The lowest BCUT2D eigenvalue weighted by Crippen LogP contribution is -2.12. The molecule has 0 spiro atoms. The number of aliphatic hydroxyl groups excluding tert-OH is 1. The minimum atomic E-state index is -0.814. The van der Waals surface area contributed by atoms with Crippen molar-refractivity contribution in [2.75, 3.05) is 26.1 Å². The monoisotopic (exact) mass is 281 g/mol. The average molecular weight is 281 g/mol. The van der Waals surface area contributed by atoms with Gasteiger partial charge in [-0.3, -0.25) is 0 Å². The fourth-order valence-electron chi connectivity index (χ4n) is 2.03. The van der Waals surface area contributed by atoms with E-state index in [0.29, 0.717) is 0 Å². The molecule has 21 heavy (non-hydrogen) atoms. The summed E-state index contributed by atoms with van der Waals surface area (Å²) in [6, 6.07) is 15.2. The van der Waals surface area contributed by atoms with Crippen molar-refractivity contribution in [3.63, 3.8) is 0 Å². The molecule has 0 heterocycles. The van der Waals surface area contributed by atoms with Crippen LogP contribution in [0.4, 0.5) is 5.69 Å². The van der Waals surface area contributed by atoms with Crippen molar-refractivity contribution in [1.82, 2.24) is 0 Å². The molecule has 0 saturated heterocycles. The zero-order valence-electron chi connectivity index (χ0n) is 12.5. The molecule has 1 unspecified atom stereocenters. The molecule has 1 atom stereocenters. The molecule has 0 aliphatic rings. The summed E-state index contributed by atoms with van der Waals surface area (Å²) in [5.41, 5.74) is 2.62. The molecule has 2 aromatic rings. The lowest BCUT2D eigenvalue weighted by atomic mass is 10.1. The number of methoxy groups -OCH3 is 1. The molecular weight excluding hydrogens is 262 g/mol. The summed E-state index contributed by atoms with van der Waals surface area (Å²) in [7, 11) is 5.52. The van der Waals surface area contributed by atoms with Crippen LogP contribution in [-0.2, 0) is 0 Å². The predicted molar refractivity (Wildman–Crippen MR) is 85.6 cm³/mol. The second kappa shape index (κ2) is 6.83. The minimum Gasteiger partial charge on any atom is -0.497 e. The summed E-state index contributed by atoms with van der Waals surface area (Å²) in [6.07, 6.45) is -0.814. The van der Waals surface area contributed by atoms with Gasteiger partial charge in [0, 0.05) is 30.9 Å². The summed E-state index contributed by atoms with van der Waals surface area (Å²) in [5, 5.41) is 10.3. The maximum Gasteiger partial charge on any atom is 0.142 e. The van der Waals surface area contributed by atoms with Crippen LogP contribution in [0.5, 0.6) is 5.75 Å². The first-order chi connectivity index (χ1) is 10.1. The van der Waals surface area contributed by atoms with Gasteiger partial charge in [-0.05, 0) is 30.3 Å². The van der Waals surface area contributed by atoms with Crippen molar-refractivity contribution in [2.24, 2.45) is 0 Å². The summed E-state index contributed by atoms with van der Waals surface area (Å²) < 4.78 is 5.10. The van der Waals surface area contributed by atoms with Gasteiger partial charge in [-0.15, -0.1) is 0 Å². The topological polar surface area (TPSA) is 32.7 Å². The van der Waals surface area contributed by atoms with Crippen LogP contribution in [0.25, 0.3) is 0 Å². The van der Waals surface area contributed by atoms with Crippen LogP contribution in [0.2, 0.25) is 0 Å². The third-order valence-electron chi connectivity index (χ3n) is 3.16. The van der Waals surface area contributed by atoms with E-state index in [9.17, 15) is 5.11 Å². The van der Waals surface area contributed by atoms with Gasteiger partial charge in [-0.1, -0.05) is 30.0 Å². The van der Waals surface area contributed by atoms with Crippen LogP contribution < -0.4 is 9.64 Å². The Morgan fingerprint density at radius 2 is 1.71 bits per heavy atom. The Morgan fingerprint density at radius 1 is 1.05 bits per heavy atom. The largest absolute Gasteiger partial charge is 0.497 e. The van der Waals surface area contributed by atoms with Gasteiger partial charge in [0.15, 0.2) is 0 Å². The molecule has 0 fully saturated rings. The number of aliphatic hydroxyl groups is 1. The fraction of sp³-hybridized carbons (Fsp3) is 0.222. The highest BCUT2D eigenvalue weighted by atomic mass is 16.5. The molecule has 0 radical (unpaired) electrons. The number of rotatable bonds is 3. The van der Waals surface area contributed by atoms with E-state index >= 15 is 0 Å². The third kappa shape index (κ3) is 3.77. The molecule has 0 aliphatic carbocycles. The van der Waals surface area contributed by atoms with Crippen molar-refractivity contribution >= 4 is 5.69 Å². The molecule has 3 heteroatoms. The summed E-state index contributed by atoms with van der Waals surface area (Å²) in [6.45, 7) is 0. The van der Waals surface area contributed by atoms with Crippen LogP contribution in [0.3, 0.4) is 0 Å². The maximum atomic E-state index is 10.3. The van der Waals surface area contributed by atoms with E-state index < -0.39 is 6.10 Å². The summed E-state index contributed by atoms with van der Waals surface area (Å²) in [4.78, 5) is 1.97. The van der Waals surface area contributed by atoms with Crippen LogP contribution >= 0.6 is 0 Å². The highest BCUT2D eigenvalue weighted by Crippen LogP contribution is 2.24. The molecule has 2 rings (SSSR count). The second-order valence-electron chi connectivity index (χ2n) is 4.85. The molecule has 0 saturated carbocycles. The van der Waals surface area contributed by atoms with Crippen molar-refractivity contribution < 1.29 is 9.84 Å². The Labute approximate surface area is 125 Å². The molecular formula is C18H19NO2. The van der Waals surface area contributed by atoms with Gasteiger partial charge in [0.05, 0.1) is 7.11 Å². The molecule has 0 bridgehead atoms. The summed E-state index contributed by atoms with van der Waals surface area (Å²) >= 11 is 0. The molecule has 0 amide bonds. The lowest BCUT2D eigenvalue weighted by molar-refractivity contribution is 0.239. The normalized spacial score (nSPS) is 11.2. The van der Waals surface area contributed by atoms with Gasteiger partial charge in [0.2, 0.25) is 0 Å². The quantitative estimate of drug-likeness (QED) is 0.878. The van der Waals surface area contributed by atoms with Crippen molar-refractivity contribution in [3.05, 3.63) is 59.7 Å². The van der Waals surface area contributed by atoms with Gasteiger partial charge in [-0.25, -0.2) is 0 Å². The Morgan fingerprint density at radius 3 is 2.33 bits per heavy atom. The molecule has 108 valence electrons. The van der Waals surface area contributed by atoms with Crippen LogP contribution in [-0.4, -0.2) is 26.3 Å². The van der Waals surface area contributed by atoms with E-state index in [1.807, 2.05) is 67.5 Å². The first kappa shape index (κ1) is 15.0. The van der Waals surface area contributed by atoms with Crippen LogP contribution in [0, 0.1) is 11.8 Å². The fourth-order valence-corrected chi connectivity index (χ4v) is 2.03. The Balaban J connectivity index is 2.22. The molecule has 0 aromatic heterocycles. The standard InChI is InChI=1S/C18H19NO2/c1-19(2)17-7-5-4-6-16(17)18(20)13-10-14-8-11-15(21-3)12-9-14/h4-9,11-12,18,20H,1-3H3. The molecule has 0 aliphatic heterocycles. The van der Waals surface area contributed by atoms with Crippen LogP contribution in [0.1, 0.15) is 17.2 Å². The zero-order valence-corrected chi connectivity index (χ0v) is 12.5. The first-order valence-corrected chi connectivity index (χ1v) is 6.71. The van der Waals surface area contributed by atoms with Gasteiger partial charge < -0.3 is 14.7 Å². The van der Waals surface area contributed by atoms with Crippen molar-refractivity contribution in [1.29, 1.82) is 0 Å². The van der Waals surface area contributed by atoms with E-state index in [-0.39, 0.29) is 0 Å². The average Bonchev–Trinajstić information content (AvgIpc) is 2.53. The Bertz CT molecular complexity index is 651. The minimum absolute atomic E-state index is 0.791. The molecule has 3 nitrogen and oxygen atoms in total. The molecule has 2 aromatic carbocycles. The molecule has 1 N–H and O–H groups in total. The van der Waals surface area contributed by atoms with Gasteiger partial charge in [0.25, 0.3) is 0 Å². The van der Waals surface area contributed by atoms with E-state index in [4.69, 9.17) is 4.74 Å². The smallest absolute Gasteiger partial charge is 0.142 e. The van der Waals surface area contributed by atoms with Crippen molar-refractivity contribution in [3.8, 4) is 17.6 Å². The van der Waals surface area contributed by atoms with Crippen LogP contribution in [0.15, 0.2) is 48.5 Å². The van der Waals surface area contributed by atoms with Crippen molar-refractivity contribution in [2.45, 2.75) is 6.10 Å².